The maximum absolute atomic E-state index is 11.4. The van der Waals surface area contributed by atoms with Crippen molar-refractivity contribution < 1.29 is 14.7 Å². The Balaban J connectivity index is 4.02. The number of carbonyl (C=O) groups excluding carboxylic acids is 1. The lowest BCUT2D eigenvalue weighted by molar-refractivity contribution is -0.139. The zero-order valence-corrected chi connectivity index (χ0v) is 10.5. The van der Waals surface area contributed by atoms with Gasteiger partial charge in [0.15, 0.2) is 0 Å². The molecule has 96 valence electrons. The van der Waals surface area contributed by atoms with Gasteiger partial charge in [0.25, 0.3) is 0 Å². The Kier molecular flexibility index (Phi) is 7.61. The number of urea groups is 1. The quantitative estimate of drug-likeness (QED) is 0.482. The Morgan fingerprint density at radius 3 is 2.47 bits per heavy atom. The Labute approximate surface area is 102 Å². The number of hydrogen-bond donors (Lipinski definition) is 3. The van der Waals surface area contributed by atoms with Crippen molar-refractivity contribution in [2.45, 2.75) is 39.7 Å². The highest BCUT2D eigenvalue weighted by atomic mass is 16.4. The van der Waals surface area contributed by atoms with Crippen molar-refractivity contribution in [3.63, 3.8) is 0 Å². The van der Waals surface area contributed by atoms with Crippen molar-refractivity contribution in [2.24, 2.45) is 5.92 Å². The molecule has 0 radical (unpaired) electrons. The topological polar surface area (TPSA) is 78.4 Å². The molecule has 0 bridgehead atoms. The van der Waals surface area contributed by atoms with Crippen LogP contribution < -0.4 is 10.6 Å². The first-order valence-electron chi connectivity index (χ1n) is 5.64. The molecule has 3 N–H and O–H groups in total. The van der Waals surface area contributed by atoms with Crippen molar-refractivity contribution in [1.29, 1.82) is 0 Å². The van der Waals surface area contributed by atoms with Crippen LogP contribution in [0.1, 0.15) is 33.6 Å². The molecule has 5 heteroatoms. The van der Waals surface area contributed by atoms with Gasteiger partial charge in [-0.1, -0.05) is 13.8 Å². The lowest BCUT2D eigenvalue weighted by Crippen LogP contribution is -2.46. The van der Waals surface area contributed by atoms with E-state index in [9.17, 15) is 9.59 Å². The second-order valence-electron chi connectivity index (χ2n) is 4.10. The molecule has 0 aromatic carbocycles. The third-order valence-corrected chi connectivity index (χ3v) is 2.02. The van der Waals surface area contributed by atoms with E-state index in [1.165, 1.54) is 0 Å². The van der Waals surface area contributed by atoms with Crippen LogP contribution >= 0.6 is 0 Å². The predicted molar refractivity (Wildman–Crippen MR) is 65.5 cm³/mol. The molecule has 17 heavy (non-hydrogen) atoms. The van der Waals surface area contributed by atoms with Crippen molar-refractivity contribution in [3.05, 3.63) is 0 Å². The van der Waals surface area contributed by atoms with Crippen molar-refractivity contribution >= 4 is 12.0 Å². The fraction of sp³-hybridized carbons (Fsp3) is 0.667. The molecule has 0 saturated heterocycles. The molecule has 0 aliphatic heterocycles. The summed E-state index contributed by atoms with van der Waals surface area (Å²) in [6.45, 7) is 5.96. The lowest BCUT2D eigenvalue weighted by atomic mass is 10.0. The van der Waals surface area contributed by atoms with E-state index in [4.69, 9.17) is 5.11 Å². The Morgan fingerprint density at radius 1 is 1.35 bits per heavy atom. The minimum absolute atomic E-state index is 0.211. The van der Waals surface area contributed by atoms with Gasteiger partial charge in [0, 0.05) is 13.0 Å². The first-order chi connectivity index (χ1) is 7.97. The number of carbonyl (C=O) groups is 2. The Morgan fingerprint density at radius 2 is 2.00 bits per heavy atom. The summed E-state index contributed by atoms with van der Waals surface area (Å²) in [5, 5.41) is 13.9. The molecule has 0 saturated carbocycles. The maximum Gasteiger partial charge on any atom is 0.326 e. The average Bonchev–Trinajstić information content (AvgIpc) is 2.22. The number of nitrogens with one attached hydrogen (secondary N) is 2. The molecular formula is C12H20N2O3. The number of hydrogen-bond acceptors (Lipinski definition) is 2. The van der Waals surface area contributed by atoms with Gasteiger partial charge < -0.3 is 15.7 Å². The van der Waals surface area contributed by atoms with Gasteiger partial charge >= 0.3 is 12.0 Å². The summed E-state index contributed by atoms with van der Waals surface area (Å²) in [6, 6.07) is -1.30. The van der Waals surface area contributed by atoms with Gasteiger partial charge in [0.2, 0.25) is 0 Å². The summed E-state index contributed by atoms with van der Waals surface area (Å²) < 4.78 is 0. The molecule has 0 heterocycles. The van der Waals surface area contributed by atoms with E-state index < -0.39 is 18.0 Å². The maximum atomic E-state index is 11.4. The normalized spacial score (nSPS) is 11.3. The summed E-state index contributed by atoms with van der Waals surface area (Å²) in [6.07, 6.45) is 0.976. The second-order valence-corrected chi connectivity index (χ2v) is 4.10. The average molecular weight is 240 g/mol. The molecule has 0 aromatic heterocycles. The number of carboxylic acid groups (broad SMARTS) is 1. The zero-order valence-electron chi connectivity index (χ0n) is 10.5. The number of amides is 2. The largest absolute Gasteiger partial charge is 0.480 e. The van der Waals surface area contributed by atoms with Crippen molar-refractivity contribution in [1.82, 2.24) is 10.6 Å². The minimum atomic E-state index is -1.01. The van der Waals surface area contributed by atoms with Crippen molar-refractivity contribution in [3.8, 4) is 11.8 Å². The molecule has 5 nitrogen and oxygen atoms in total. The Bertz CT molecular complexity index is 315. The van der Waals surface area contributed by atoms with Crippen LogP contribution in [-0.2, 0) is 4.79 Å². The third kappa shape index (κ3) is 8.14. The molecule has 0 aliphatic carbocycles. The van der Waals surface area contributed by atoms with E-state index in [0.717, 1.165) is 0 Å². The second kappa shape index (κ2) is 8.45. The van der Waals surface area contributed by atoms with Gasteiger partial charge in [-0.2, -0.15) is 0 Å². The van der Waals surface area contributed by atoms with Gasteiger partial charge in [-0.3, -0.25) is 0 Å². The fourth-order valence-corrected chi connectivity index (χ4v) is 1.27. The van der Waals surface area contributed by atoms with E-state index in [1.54, 1.807) is 6.92 Å². The molecule has 0 rings (SSSR count). The highest BCUT2D eigenvalue weighted by Crippen LogP contribution is 2.04. The van der Waals surface area contributed by atoms with Crippen LogP contribution in [0.3, 0.4) is 0 Å². The SMILES string of the molecule is CC#CCCNC(=O)N[C@H](CC(C)C)C(=O)O. The van der Waals surface area contributed by atoms with E-state index in [1.807, 2.05) is 13.8 Å². The van der Waals surface area contributed by atoms with Crippen LogP contribution in [0.5, 0.6) is 0 Å². The van der Waals surface area contributed by atoms with E-state index in [-0.39, 0.29) is 5.92 Å². The summed E-state index contributed by atoms with van der Waals surface area (Å²) in [5.41, 5.74) is 0. The van der Waals surface area contributed by atoms with Crippen LogP contribution in [-0.4, -0.2) is 29.7 Å². The van der Waals surface area contributed by atoms with E-state index in [2.05, 4.69) is 22.5 Å². The highest BCUT2D eigenvalue weighted by molar-refractivity contribution is 5.82. The highest BCUT2D eigenvalue weighted by Gasteiger charge is 2.20. The van der Waals surface area contributed by atoms with E-state index >= 15 is 0 Å². The summed E-state index contributed by atoms with van der Waals surface area (Å²) in [4.78, 5) is 22.3. The third-order valence-electron chi connectivity index (χ3n) is 2.02. The standard InChI is InChI=1S/C12H20N2O3/c1-4-5-6-7-13-12(17)14-10(11(15)16)8-9(2)3/h9-10H,6-8H2,1-3H3,(H,15,16)(H2,13,14,17)/t10-/m1/s1. The number of rotatable bonds is 6. The molecule has 0 unspecified atom stereocenters. The lowest BCUT2D eigenvalue weighted by Gasteiger charge is -2.16. The molecule has 0 fully saturated rings. The van der Waals surface area contributed by atoms with Gasteiger partial charge in [0.05, 0.1) is 0 Å². The van der Waals surface area contributed by atoms with Crippen LogP contribution in [0, 0.1) is 17.8 Å². The Hall–Kier alpha value is -1.70. The molecule has 0 aromatic rings. The number of aliphatic carboxylic acids is 1. The summed E-state index contributed by atoms with van der Waals surface area (Å²) >= 11 is 0. The predicted octanol–water partition coefficient (Wildman–Crippen LogP) is 1.20. The monoisotopic (exact) mass is 240 g/mol. The van der Waals surface area contributed by atoms with Crippen LogP contribution in [0.25, 0.3) is 0 Å². The summed E-state index contributed by atoms with van der Waals surface area (Å²) in [5.74, 6) is 4.71. The van der Waals surface area contributed by atoms with Gasteiger partial charge in [-0.25, -0.2) is 9.59 Å². The molecule has 2 amide bonds. The van der Waals surface area contributed by atoms with Crippen LogP contribution in [0.2, 0.25) is 0 Å². The zero-order chi connectivity index (χ0) is 13.3. The first kappa shape index (κ1) is 15.3. The van der Waals surface area contributed by atoms with Gasteiger partial charge in [-0.05, 0) is 19.3 Å². The molecule has 0 spiro atoms. The number of carboxylic acids is 1. The van der Waals surface area contributed by atoms with Crippen molar-refractivity contribution in [2.75, 3.05) is 6.54 Å². The van der Waals surface area contributed by atoms with E-state index in [0.29, 0.717) is 19.4 Å². The van der Waals surface area contributed by atoms with Gasteiger partial charge in [0.1, 0.15) is 6.04 Å². The first-order valence-corrected chi connectivity index (χ1v) is 5.64. The fourth-order valence-electron chi connectivity index (χ4n) is 1.27. The van der Waals surface area contributed by atoms with Crippen LogP contribution in [0.15, 0.2) is 0 Å². The van der Waals surface area contributed by atoms with Crippen LogP contribution in [0.4, 0.5) is 4.79 Å². The van der Waals surface area contributed by atoms with Gasteiger partial charge in [-0.15, -0.1) is 11.8 Å². The minimum Gasteiger partial charge on any atom is -0.480 e. The smallest absolute Gasteiger partial charge is 0.326 e. The summed E-state index contributed by atoms with van der Waals surface area (Å²) in [7, 11) is 0. The molecular weight excluding hydrogens is 220 g/mol. The molecule has 0 aliphatic rings. The molecule has 1 atom stereocenters.